The lowest BCUT2D eigenvalue weighted by molar-refractivity contribution is -0.151. The van der Waals surface area contributed by atoms with Crippen molar-refractivity contribution in [1.29, 1.82) is 0 Å². The quantitative estimate of drug-likeness (QED) is 0.591. The monoisotopic (exact) mass is 351 g/mol. The van der Waals surface area contributed by atoms with Crippen LogP contribution in [0.1, 0.15) is 19.8 Å². The molecule has 0 aromatic carbocycles. The SMILES string of the molecule is CCOC(=O)C1CCN(C(=O)C2CSc3nccc(=O)n3C2)CC1. The molecule has 2 aliphatic rings. The van der Waals surface area contributed by atoms with Gasteiger partial charge in [0, 0.05) is 37.7 Å². The molecule has 1 aromatic rings. The van der Waals surface area contributed by atoms with E-state index in [0.29, 0.717) is 50.0 Å². The summed E-state index contributed by atoms with van der Waals surface area (Å²) in [6, 6.07) is 1.42. The van der Waals surface area contributed by atoms with Gasteiger partial charge in [-0.25, -0.2) is 4.98 Å². The van der Waals surface area contributed by atoms with Crippen molar-refractivity contribution in [3.63, 3.8) is 0 Å². The van der Waals surface area contributed by atoms with Gasteiger partial charge in [0.2, 0.25) is 5.91 Å². The molecule has 8 heteroatoms. The lowest BCUT2D eigenvalue weighted by Crippen LogP contribution is -2.46. The van der Waals surface area contributed by atoms with Crippen LogP contribution in [-0.4, -0.2) is 51.8 Å². The Morgan fingerprint density at radius 2 is 2.08 bits per heavy atom. The number of hydrogen-bond donors (Lipinski definition) is 0. The second-order valence-corrected chi connectivity index (χ2v) is 7.02. The number of ether oxygens (including phenoxy) is 1. The molecule has 130 valence electrons. The normalized spacial score (nSPS) is 21.2. The van der Waals surface area contributed by atoms with Gasteiger partial charge in [0.25, 0.3) is 5.56 Å². The molecule has 3 rings (SSSR count). The molecular formula is C16H21N3O4S. The lowest BCUT2D eigenvalue weighted by atomic mass is 9.96. The molecule has 1 amide bonds. The predicted octanol–water partition coefficient (Wildman–Crippen LogP) is 0.767. The number of rotatable bonds is 3. The van der Waals surface area contributed by atoms with Crippen molar-refractivity contribution in [1.82, 2.24) is 14.5 Å². The van der Waals surface area contributed by atoms with Crippen LogP contribution in [0.15, 0.2) is 22.2 Å². The highest BCUT2D eigenvalue weighted by molar-refractivity contribution is 7.99. The molecule has 1 unspecified atom stereocenters. The van der Waals surface area contributed by atoms with Crippen LogP contribution in [0.4, 0.5) is 0 Å². The second kappa shape index (κ2) is 7.38. The zero-order valence-electron chi connectivity index (χ0n) is 13.6. The molecule has 1 saturated heterocycles. The highest BCUT2D eigenvalue weighted by Crippen LogP contribution is 2.27. The molecular weight excluding hydrogens is 330 g/mol. The minimum Gasteiger partial charge on any atom is -0.466 e. The fourth-order valence-electron chi connectivity index (χ4n) is 3.15. The molecule has 0 N–H and O–H groups in total. The second-order valence-electron chi connectivity index (χ2n) is 6.04. The molecule has 0 aliphatic carbocycles. The standard InChI is InChI=1S/C16H21N3O4S/c1-2-23-15(22)11-4-7-18(8-5-11)14(21)12-9-19-13(20)3-6-17-16(19)24-10-12/h3,6,11-12H,2,4-5,7-10H2,1H3. The minimum absolute atomic E-state index is 0.0613. The van der Waals surface area contributed by atoms with E-state index in [1.807, 2.05) is 4.90 Å². The number of piperidine rings is 1. The van der Waals surface area contributed by atoms with Crippen molar-refractivity contribution in [2.45, 2.75) is 31.5 Å². The van der Waals surface area contributed by atoms with Crippen molar-refractivity contribution in [3.05, 3.63) is 22.6 Å². The van der Waals surface area contributed by atoms with Crippen molar-refractivity contribution < 1.29 is 14.3 Å². The average molecular weight is 351 g/mol. The van der Waals surface area contributed by atoms with Crippen molar-refractivity contribution in [2.24, 2.45) is 11.8 Å². The van der Waals surface area contributed by atoms with Gasteiger partial charge in [0.1, 0.15) is 0 Å². The first-order valence-corrected chi connectivity index (χ1v) is 9.22. The highest BCUT2D eigenvalue weighted by Gasteiger charge is 2.33. The van der Waals surface area contributed by atoms with Gasteiger partial charge in [-0.15, -0.1) is 0 Å². The van der Waals surface area contributed by atoms with E-state index < -0.39 is 0 Å². The average Bonchev–Trinajstić information content (AvgIpc) is 2.61. The van der Waals surface area contributed by atoms with Gasteiger partial charge < -0.3 is 9.64 Å². The number of carbonyl (C=O) groups excluding carboxylic acids is 2. The van der Waals surface area contributed by atoms with E-state index in [9.17, 15) is 14.4 Å². The number of esters is 1. The molecule has 0 radical (unpaired) electrons. The molecule has 0 saturated carbocycles. The Bertz CT molecular complexity index is 682. The van der Waals surface area contributed by atoms with Crippen LogP contribution in [0.2, 0.25) is 0 Å². The topological polar surface area (TPSA) is 81.5 Å². The fraction of sp³-hybridized carbons (Fsp3) is 0.625. The van der Waals surface area contributed by atoms with Gasteiger partial charge in [0.05, 0.1) is 18.4 Å². The molecule has 1 fully saturated rings. The van der Waals surface area contributed by atoms with E-state index in [1.54, 1.807) is 11.5 Å². The number of carbonyl (C=O) groups is 2. The summed E-state index contributed by atoms with van der Waals surface area (Å²) in [5.74, 6) is 0.203. The first-order chi connectivity index (χ1) is 11.6. The summed E-state index contributed by atoms with van der Waals surface area (Å²) in [4.78, 5) is 42.4. The molecule has 0 bridgehead atoms. The van der Waals surface area contributed by atoms with Crippen molar-refractivity contribution >= 4 is 23.6 Å². The Balaban J connectivity index is 1.60. The van der Waals surface area contributed by atoms with Crippen LogP contribution in [0.3, 0.4) is 0 Å². The molecule has 24 heavy (non-hydrogen) atoms. The first kappa shape index (κ1) is 17.0. The van der Waals surface area contributed by atoms with Gasteiger partial charge in [-0.3, -0.25) is 19.0 Å². The van der Waals surface area contributed by atoms with E-state index in [4.69, 9.17) is 4.74 Å². The maximum Gasteiger partial charge on any atom is 0.309 e. The molecule has 0 spiro atoms. The number of nitrogens with zero attached hydrogens (tertiary/aromatic N) is 3. The number of likely N-dealkylation sites (tertiary alicyclic amines) is 1. The van der Waals surface area contributed by atoms with Crippen LogP contribution >= 0.6 is 11.8 Å². The minimum atomic E-state index is -0.219. The Labute approximate surface area is 144 Å². The van der Waals surface area contributed by atoms with Gasteiger partial charge >= 0.3 is 5.97 Å². The summed E-state index contributed by atoms with van der Waals surface area (Å²) in [6.07, 6.45) is 2.79. The highest BCUT2D eigenvalue weighted by atomic mass is 32.2. The van der Waals surface area contributed by atoms with E-state index in [-0.39, 0.29) is 29.3 Å². The van der Waals surface area contributed by atoms with E-state index >= 15 is 0 Å². The largest absolute Gasteiger partial charge is 0.466 e. The summed E-state index contributed by atoms with van der Waals surface area (Å²) in [6.45, 7) is 3.70. The van der Waals surface area contributed by atoms with Gasteiger partial charge in [0.15, 0.2) is 5.16 Å². The maximum atomic E-state index is 12.7. The van der Waals surface area contributed by atoms with Crippen LogP contribution < -0.4 is 5.56 Å². The summed E-state index contributed by atoms with van der Waals surface area (Å²) in [5.41, 5.74) is -0.119. The van der Waals surface area contributed by atoms with Gasteiger partial charge in [-0.1, -0.05) is 11.8 Å². The Hall–Kier alpha value is -1.83. The third-order valence-corrected chi connectivity index (χ3v) is 5.64. The number of hydrogen-bond acceptors (Lipinski definition) is 6. The zero-order valence-corrected chi connectivity index (χ0v) is 14.5. The number of thioether (sulfide) groups is 1. The number of amides is 1. The van der Waals surface area contributed by atoms with Crippen LogP contribution in [-0.2, 0) is 20.9 Å². The molecule has 1 atom stereocenters. The predicted molar refractivity (Wildman–Crippen MR) is 88.6 cm³/mol. The van der Waals surface area contributed by atoms with Crippen LogP contribution in [0.25, 0.3) is 0 Å². The fourth-order valence-corrected chi connectivity index (χ4v) is 4.21. The molecule has 7 nitrogen and oxygen atoms in total. The van der Waals surface area contributed by atoms with E-state index in [0.717, 1.165) is 0 Å². The first-order valence-electron chi connectivity index (χ1n) is 8.24. The molecule has 2 aliphatic heterocycles. The lowest BCUT2D eigenvalue weighted by Gasteiger charge is -2.34. The third kappa shape index (κ3) is 3.48. The third-order valence-electron chi connectivity index (χ3n) is 4.49. The molecule has 3 heterocycles. The number of fused-ring (bicyclic) bond motifs is 1. The van der Waals surface area contributed by atoms with Crippen molar-refractivity contribution in [3.8, 4) is 0 Å². The Morgan fingerprint density at radius 1 is 1.33 bits per heavy atom. The summed E-state index contributed by atoms with van der Waals surface area (Å²) < 4.78 is 6.63. The zero-order chi connectivity index (χ0) is 17.1. The van der Waals surface area contributed by atoms with Crippen LogP contribution in [0.5, 0.6) is 0 Å². The molecule has 1 aromatic heterocycles. The summed E-state index contributed by atoms with van der Waals surface area (Å²) >= 11 is 1.45. The maximum absolute atomic E-state index is 12.7. The van der Waals surface area contributed by atoms with Gasteiger partial charge in [-0.2, -0.15) is 0 Å². The smallest absolute Gasteiger partial charge is 0.309 e. The van der Waals surface area contributed by atoms with Gasteiger partial charge in [-0.05, 0) is 19.8 Å². The Kier molecular flexibility index (Phi) is 5.23. The Morgan fingerprint density at radius 3 is 2.79 bits per heavy atom. The van der Waals surface area contributed by atoms with E-state index in [1.165, 1.54) is 24.0 Å². The summed E-state index contributed by atoms with van der Waals surface area (Å²) in [5, 5.41) is 0.674. The van der Waals surface area contributed by atoms with Crippen LogP contribution in [0, 0.1) is 11.8 Å². The summed E-state index contributed by atoms with van der Waals surface area (Å²) in [7, 11) is 0. The van der Waals surface area contributed by atoms with Crippen molar-refractivity contribution in [2.75, 3.05) is 25.4 Å². The number of aromatic nitrogens is 2. The van der Waals surface area contributed by atoms with E-state index in [2.05, 4.69) is 4.98 Å².